The normalized spacial score (nSPS) is 9.62. The average Bonchev–Trinajstić information content (AvgIpc) is 2.45. The van der Waals surface area contributed by atoms with Crippen molar-refractivity contribution in [2.24, 2.45) is 0 Å². The number of hydrogen-bond acceptors (Lipinski definition) is 3. The molecular weight excluding hydrogens is 290 g/mol. The van der Waals surface area contributed by atoms with E-state index in [1.54, 1.807) is 29.2 Å². The van der Waals surface area contributed by atoms with Crippen LogP contribution in [0.3, 0.4) is 0 Å². The Hall–Kier alpha value is -1.75. The van der Waals surface area contributed by atoms with Crippen LogP contribution in [0.1, 0.15) is 37.0 Å². The number of nitrogens with two attached hydrogens (primary N) is 1. The van der Waals surface area contributed by atoms with Gasteiger partial charge in [-0.2, -0.15) is 0 Å². The number of nitrogens with one attached hydrogen (secondary N) is 1. The number of amides is 2. The van der Waals surface area contributed by atoms with E-state index in [1.165, 1.54) is 0 Å². The molecule has 0 saturated heterocycles. The Morgan fingerprint density at radius 1 is 1.19 bits per heavy atom. The molecule has 0 saturated carbocycles. The second-order valence-electron chi connectivity index (χ2n) is 4.51. The standard InChI is InChI=1S/C15H23N3O2.ClH/c1-3-18(4-2)14(19)10-7-11-17-15(20)12-8-5-6-9-13(12)16;/h5-6,8-9H,3-4,7,10-11,16H2,1-2H3,(H,17,20);1H. The molecule has 0 atom stereocenters. The highest BCUT2D eigenvalue weighted by Crippen LogP contribution is 2.09. The van der Waals surface area contributed by atoms with E-state index in [-0.39, 0.29) is 24.2 Å². The van der Waals surface area contributed by atoms with Gasteiger partial charge in [-0.25, -0.2) is 0 Å². The van der Waals surface area contributed by atoms with Gasteiger partial charge in [0.1, 0.15) is 0 Å². The molecule has 1 aromatic rings. The number of carbonyl (C=O) groups excluding carboxylic acids is 2. The number of nitrogen functional groups attached to an aromatic ring is 1. The summed E-state index contributed by atoms with van der Waals surface area (Å²) in [7, 11) is 0. The minimum Gasteiger partial charge on any atom is -0.398 e. The molecule has 0 aliphatic rings. The van der Waals surface area contributed by atoms with Gasteiger partial charge < -0.3 is 16.0 Å². The van der Waals surface area contributed by atoms with E-state index in [1.807, 2.05) is 13.8 Å². The van der Waals surface area contributed by atoms with Crippen molar-refractivity contribution in [1.29, 1.82) is 0 Å². The third kappa shape index (κ3) is 6.04. The van der Waals surface area contributed by atoms with Gasteiger partial charge in [0.05, 0.1) is 5.56 Å². The summed E-state index contributed by atoms with van der Waals surface area (Å²) in [6.45, 7) is 5.84. The molecule has 2 amide bonds. The Kier molecular flexibility index (Phi) is 9.21. The Balaban J connectivity index is 0.00000400. The van der Waals surface area contributed by atoms with Crippen molar-refractivity contribution in [2.75, 3.05) is 25.4 Å². The van der Waals surface area contributed by atoms with Crippen LogP contribution >= 0.6 is 12.4 Å². The lowest BCUT2D eigenvalue weighted by Gasteiger charge is -2.18. The van der Waals surface area contributed by atoms with Gasteiger partial charge >= 0.3 is 0 Å². The number of anilines is 1. The fourth-order valence-corrected chi connectivity index (χ4v) is 1.97. The minimum atomic E-state index is -0.196. The lowest BCUT2D eigenvalue weighted by Crippen LogP contribution is -2.31. The molecule has 6 heteroatoms. The van der Waals surface area contributed by atoms with E-state index >= 15 is 0 Å². The molecule has 0 spiro atoms. The van der Waals surface area contributed by atoms with Crippen LogP contribution in [0.5, 0.6) is 0 Å². The summed E-state index contributed by atoms with van der Waals surface area (Å²) < 4.78 is 0. The third-order valence-corrected chi connectivity index (χ3v) is 3.17. The van der Waals surface area contributed by atoms with Crippen LogP contribution in [0.25, 0.3) is 0 Å². The summed E-state index contributed by atoms with van der Waals surface area (Å²) in [4.78, 5) is 25.4. The summed E-state index contributed by atoms with van der Waals surface area (Å²) in [6, 6.07) is 6.94. The van der Waals surface area contributed by atoms with Crippen LogP contribution in [0.2, 0.25) is 0 Å². The van der Waals surface area contributed by atoms with Gasteiger partial charge in [0.2, 0.25) is 5.91 Å². The predicted octanol–water partition coefficient (Wildman–Crippen LogP) is 2.07. The topological polar surface area (TPSA) is 75.4 Å². The largest absolute Gasteiger partial charge is 0.398 e. The molecule has 1 aromatic carbocycles. The van der Waals surface area contributed by atoms with Gasteiger partial charge in [0, 0.05) is 31.7 Å². The van der Waals surface area contributed by atoms with Gasteiger partial charge in [0.15, 0.2) is 0 Å². The molecule has 21 heavy (non-hydrogen) atoms. The first-order chi connectivity index (χ1) is 9.60. The zero-order chi connectivity index (χ0) is 15.0. The molecule has 5 nitrogen and oxygen atoms in total. The molecular formula is C15H24ClN3O2. The van der Waals surface area contributed by atoms with Crippen LogP contribution < -0.4 is 11.1 Å². The number of carbonyl (C=O) groups is 2. The van der Waals surface area contributed by atoms with Crippen molar-refractivity contribution in [1.82, 2.24) is 10.2 Å². The Morgan fingerprint density at radius 3 is 2.38 bits per heavy atom. The molecule has 0 radical (unpaired) electrons. The number of para-hydroxylation sites is 1. The van der Waals surface area contributed by atoms with Gasteiger partial charge in [0.25, 0.3) is 5.91 Å². The molecule has 3 N–H and O–H groups in total. The number of rotatable bonds is 7. The summed E-state index contributed by atoms with van der Waals surface area (Å²) in [6.07, 6.45) is 1.08. The fraction of sp³-hybridized carbons (Fsp3) is 0.467. The van der Waals surface area contributed by atoms with E-state index in [0.717, 1.165) is 13.1 Å². The highest BCUT2D eigenvalue weighted by atomic mass is 35.5. The van der Waals surface area contributed by atoms with E-state index < -0.39 is 0 Å². The van der Waals surface area contributed by atoms with Crippen LogP contribution in [-0.4, -0.2) is 36.3 Å². The SMILES string of the molecule is CCN(CC)C(=O)CCCNC(=O)c1ccccc1N.Cl. The number of hydrogen-bond donors (Lipinski definition) is 2. The highest BCUT2D eigenvalue weighted by molar-refractivity contribution is 5.99. The summed E-state index contributed by atoms with van der Waals surface area (Å²) in [5.74, 6) is -0.0677. The van der Waals surface area contributed by atoms with Crippen molar-refractivity contribution in [2.45, 2.75) is 26.7 Å². The zero-order valence-electron chi connectivity index (χ0n) is 12.6. The quantitative estimate of drug-likeness (QED) is 0.597. The summed E-state index contributed by atoms with van der Waals surface area (Å²) in [5, 5.41) is 2.78. The van der Waals surface area contributed by atoms with E-state index in [2.05, 4.69) is 5.32 Å². The first-order valence-corrected chi connectivity index (χ1v) is 7.00. The van der Waals surface area contributed by atoms with Gasteiger partial charge in [-0.3, -0.25) is 9.59 Å². The second-order valence-corrected chi connectivity index (χ2v) is 4.51. The van der Waals surface area contributed by atoms with Crippen molar-refractivity contribution < 1.29 is 9.59 Å². The van der Waals surface area contributed by atoms with Crippen LogP contribution in [-0.2, 0) is 4.79 Å². The van der Waals surface area contributed by atoms with Crippen LogP contribution in [0.4, 0.5) is 5.69 Å². The maximum atomic E-state index is 11.9. The third-order valence-electron chi connectivity index (χ3n) is 3.17. The first kappa shape index (κ1) is 19.2. The number of benzene rings is 1. The van der Waals surface area contributed by atoms with Gasteiger partial charge in [-0.1, -0.05) is 12.1 Å². The number of nitrogens with zero attached hydrogens (tertiary/aromatic N) is 1. The second kappa shape index (κ2) is 10.0. The van der Waals surface area contributed by atoms with Crippen molar-refractivity contribution in [3.63, 3.8) is 0 Å². The molecule has 1 rings (SSSR count). The molecule has 0 heterocycles. The van der Waals surface area contributed by atoms with Crippen LogP contribution in [0.15, 0.2) is 24.3 Å². The van der Waals surface area contributed by atoms with Gasteiger partial charge in [-0.05, 0) is 32.4 Å². The maximum Gasteiger partial charge on any atom is 0.253 e. The summed E-state index contributed by atoms with van der Waals surface area (Å²) in [5.41, 5.74) is 6.66. The molecule has 0 aliphatic heterocycles. The highest BCUT2D eigenvalue weighted by Gasteiger charge is 2.10. The van der Waals surface area contributed by atoms with E-state index in [4.69, 9.17) is 5.73 Å². The Labute approximate surface area is 132 Å². The van der Waals surface area contributed by atoms with Gasteiger partial charge in [-0.15, -0.1) is 12.4 Å². The molecule has 0 bridgehead atoms. The molecule has 0 aliphatic carbocycles. The Morgan fingerprint density at radius 2 is 1.81 bits per heavy atom. The smallest absolute Gasteiger partial charge is 0.253 e. The number of halogens is 1. The zero-order valence-corrected chi connectivity index (χ0v) is 13.4. The molecule has 0 fully saturated rings. The fourth-order valence-electron chi connectivity index (χ4n) is 1.97. The monoisotopic (exact) mass is 313 g/mol. The lowest BCUT2D eigenvalue weighted by atomic mass is 10.1. The van der Waals surface area contributed by atoms with Crippen LogP contribution in [0, 0.1) is 0 Å². The van der Waals surface area contributed by atoms with E-state index in [0.29, 0.717) is 30.6 Å². The van der Waals surface area contributed by atoms with Crippen molar-refractivity contribution in [3.8, 4) is 0 Å². The first-order valence-electron chi connectivity index (χ1n) is 7.00. The molecule has 0 aromatic heterocycles. The van der Waals surface area contributed by atoms with Crippen molar-refractivity contribution in [3.05, 3.63) is 29.8 Å². The molecule has 118 valence electrons. The average molecular weight is 314 g/mol. The minimum absolute atomic E-state index is 0. The predicted molar refractivity (Wildman–Crippen MR) is 87.6 cm³/mol. The van der Waals surface area contributed by atoms with Crippen molar-refractivity contribution >= 4 is 29.9 Å². The Bertz CT molecular complexity index is 462. The maximum absolute atomic E-state index is 11.9. The van der Waals surface area contributed by atoms with E-state index in [9.17, 15) is 9.59 Å². The lowest BCUT2D eigenvalue weighted by molar-refractivity contribution is -0.130. The molecule has 0 unspecified atom stereocenters. The summed E-state index contributed by atoms with van der Waals surface area (Å²) >= 11 is 0.